The van der Waals surface area contributed by atoms with E-state index in [9.17, 15) is 0 Å². The summed E-state index contributed by atoms with van der Waals surface area (Å²) >= 11 is 3.37. The van der Waals surface area contributed by atoms with Gasteiger partial charge in [-0.2, -0.15) is 0 Å². The number of alkyl halides is 1. The van der Waals surface area contributed by atoms with Crippen LogP contribution < -0.4 is 0 Å². The van der Waals surface area contributed by atoms with Gasteiger partial charge < -0.3 is 0 Å². The van der Waals surface area contributed by atoms with Crippen molar-refractivity contribution in [2.24, 2.45) is 5.92 Å². The minimum Gasteiger partial charge on any atom is -0.0925 e. The maximum atomic E-state index is 3.37. The van der Waals surface area contributed by atoms with Crippen LogP contribution in [0.5, 0.6) is 0 Å². The number of halogens is 1. The zero-order valence-corrected chi connectivity index (χ0v) is 5.96. The van der Waals surface area contributed by atoms with Crippen molar-refractivity contribution in [2.45, 2.75) is 20.3 Å². The molecule has 0 nitrogen and oxygen atoms in total. The van der Waals surface area contributed by atoms with Crippen LogP contribution in [0, 0.1) is 5.92 Å². The van der Waals surface area contributed by atoms with Crippen LogP contribution in [0.25, 0.3) is 0 Å². The summed E-state index contributed by atoms with van der Waals surface area (Å²) in [6.45, 7) is 4.43. The fraction of sp³-hybridized carbons (Fsp3) is 1.00. The molecule has 0 aromatic carbocycles. The molecule has 42 valence electrons. The summed E-state index contributed by atoms with van der Waals surface area (Å²) in [5.74, 6) is 0.852. The van der Waals surface area contributed by atoms with E-state index >= 15 is 0 Å². The lowest BCUT2D eigenvalue weighted by atomic mass is 10.2. The van der Waals surface area contributed by atoms with E-state index in [1.807, 2.05) is 0 Å². The van der Waals surface area contributed by atoms with Gasteiger partial charge in [0.1, 0.15) is 0 Å². The molecule has 0 amide bonds. The summed E-state index contributed by atoms with van der Waals surface area (Å²) in [5.41, 5.74) is 0. The molecule has 0 bridgehead atoms. The SMILES string of the molecule is CC[C@H](C)CBr.[MgH2]. The van der Waals surface area contributed by atoms with E-state index < -0.39 is 0 Å². The first-order valence-corrected chi connectivity index (χ1v) is 3.49. The van der Waals surface area contributed by atoms with Crippen molar-refractivity contribution >= 4 is 39.0 Å². The first kappa shape index (κ1) is 11.1. The first-order chi connectivity index (χ1) is 2.81. The van der Waals surface area contributed by atoms with Crippen molar-refractivity contribution in [1.82, 2.24) is 0 Å². The normalized spacial score (nSPS) is 12.4. The Labute approximate surface area is 70.3 Å². The Hall–Kier alpha value is 1.25. The molecule has 0 fully saturated rings. The summed E-state index contributed by atoms with van der Waals surface area (Å²) in [6.07, 6.45) is 1.28. The predicted molar refractivity (Wildman–Crippen MR) is 41.8 cm³/mol. The molecular formula is C5H13BrMg. The van der Waals surface area contributed by atoms with Crippen molar-refractivity contribution in [3.05, 3.63) is 0 Å². The second-order valence-electron chi connectivity index (χ2n) is 1.67. The molecule has 0 aliphatic rings. The third-order valence-electron chi connectivity index (χ3n) is 0.960. The third-order valence-corrected chi connectivity index (χ3v) is 2.07. The molecule has 0 aliphatic heterocycles. The Bertz CT molecular complexity index is 27.3. The van der Waals surface area contributed by atoms with Crippen molar-refractivity contribution in [3.8, 4) is 0 Å². The van der Waals surface area contributed by atoms with Gasteiger partial charge >= 0.3 is 23.1 Å². The van der Waals surface area contributed by atoms with Crippen molar-refractivity contribution < 1.29 is 0 Å². The molecule has 0 saturated carbocycles. The summed E-state index contributed by atoms with van der Waals surface area (Å²) < 4.78 is 0. The summed E-state index contributed by atoms with van der Waals surface area (Å²) in [7, 11) is 0. The molecule has 0 aromatic heterocycles. The lowest BCUT2D eigenvalue weighted by Crippen LogP contribution is -1.89. The van der Waals surface area contributed by atoms with E-state index in [2.05, 4.69) is 29.8 Å². The highest BCUT2D eigenvalue weighted by Gasteiger charge is 1.90. The lowest BCUT2D eigenvalue weighted by Gasteiger charge is -1.97. The van der Waals surface area contributed by atoms with E-state index in [1.54, 1.807) is 0 Å². The van der Waals surface area contributed by atoms with Crippen LogP contribution in [-0.2, 0) is 0 Å². The van der Waals surface area contributed by atoms with Crippen LogP contribution in [0.2, 0.25) is 0 Å². The van der Waals surface area contributed by atoms with Gasteiger partial charge in [0.05, 0.1) is 0 Å². The van der Waals surface area contributed by atoms with Crippen LogP contribution in [0.1, 0.15) is 20.3 Å². The molecule has 1 atom stereocenters. The molecule has 0 unspecified atom stereocenters. The fourth-order valence-corrected chi connectivity index (χ4v) is 0.567. The van der Waals surface area contributed by atoms with Crippen LogP contribution in [0.4, 0.5) is 0 Å². The minimum absolute atomic E-state index is 0. The van der Waals surface area contributed by atoms with Crippen LogP contribution in [0.15, 0.2) is 0 Å². The van der Waals surface area contributed by atoms with E-state index in [0.717, 1.165) is 11.2 Å². The largest absolute Gasteiger partial charge is 0.316 e. The van der Waals surface area contributed by atoms with Gasteiger partial charge in [-0.15, -0.1) is 0 Å². The summed E-state index contributed by atoms with van der Waals surface area (Å²) in [6, 6.07) is 0. The first-order valence-electron chi connectivity index (χ1n) is 2.37. The predicted octanol–water partition coefficient (Wildman–Crippen LogP) is 1.51. The molecule has 0 spiro atoms. The number of hydrogen-bond donors (Lipinski definition) is 0. The van der Waals surface area contributed by atoms with Gasteiger partial charge in [0.15, 0.2) is 0 Å². The Morgan fingerprint density at radius 3 is 2.00 bits per heavy atom. The smallest absolute Gasteiger partial charge is 0.0925 e. The van der Waals surface area contributed by atoms with Gasteiger partial charge in [-0.3, -0.25) is 0 Å². The van der Waals surface area contributed by atoms with Gasteiger partial charge in [-0.25, -0.2) is 0 Å². The zero-order valence-electron chi connectivity index (χ0n) is 4.37. The standard InChI is InChI=1S/C5H11Br.Mg.2H/c1-3-5(2)4-6;;;/h5H,3-4H2,1-2H3;;;/t5-;;;/m0.../s1. The molecular weight excluding hydrogens is 164 g/mol. The number of hydrogen-bond acceptors (Lipinski definition) is 0. The van der Waals surface area contributed by atoms with Gasteiger partial charge in [0, 0.05) is 5.33 Å². The molecule has 0 saturated heterocycles. The average Bonchev–Trinajstić information content (AvgIpc) is 1.65. The van der Waals surface area contributed by atoms with Gasteiger partial charge in [0.2, 0.25) is 0 Å². The van der Waals surface area contributed by atoms with E-state index in [0.29, 0.717) is 0 Å². The molecule has 0 aromatic rings. The van der Waals surface area contributed by atoms with Gasteiger partial charge in [0.25, 0.3) is 0 Å². The Kier molecular flexibility index (Phi) is 11.5. The zero-order chi connectivity index (χ0) is 4.99. The monoisotopic (exact) mass is 176 g/mol. The maximum absolute atomic E-state index is 3.37. The van der Waals surface area contributed by atoms with Crippen LogP contribution >= 0.6 is 15.9 Å². The third kappa shape index (κ3) is 7.25. The minimum atomic E-state index is 0. The quantitative estimate of drug-likeness (QED) is 0.443. The Balaban J connectivity index is 0. The van der Waals surface area contributed by atoms with E-state index in [-0.39, 0.29) is 23.1 Å². The highest BCUT2D eigenvalue weighted by atomic mass is 79.9. The highest BCUT2D eigenvalue weighted by molar-refractivity contribution is 9.09. The maximum Gasteiger partial charge on any atom is 0.316 e. The lowest BCUT2D eigenvalue weighted by molar-refractivity contribution is 0.641. The molecule has 0 heterocycles. The molecule has 0 aliphatic carbocycles. The summed E-state index contributed by atoms with van der Waals surface area (Å²) in [5, 5.41) is 1.14. The number of rotatable bonds is 2. The molecule has 7 heavy (non-hydrogen) atoms. The average molecular weight is 177 g/mol. The molecule has 0 N–H and O–H groups in total. The Morgan fingerprint density at radius 1 is 1.57 bits per heavy atom. The van der Waals surface area contributed by atoms with Crippen molar-refractivity contribution in [1.29, 1.82) is 0 Å². The van der Waals surface area contributed by atoms with Gasteiger partial charge in [-0.05, 0) is 5.92 Å². The Morgan fingerprint density at radius 2 is 2.00 bits per heavy atom. The topological polar surface area (TPSA) is 0 Å². The van der Waals surface area contributed by atoms with Crippen LogP contribution in [0.3, 0.4) is 0 Å². The second-order valence-corrected chi connectivity index (χ2v) is 2.32. The molecule has 2 heteroatoms. The van der Waals surface area contributed by atoms with Crippen molar-refractivity contribution in [2.75, 3.05) is 5.33 Å². The van der Waals surface area contributed by atoms with Crippen molar-refractivity contribution in [3.63, 3.8) is 0 Å². The second kappa shape index (κ2) is 7.25. The summed E-state index contributed by atoms with van der Waals surface area (Å²) in [4.78, 5) is 0. The molecule has 0 rings (SSSR count). The highest BCUT2D eigenvalue weighted by Crippen LogP contribution is 2.02. The van der Waals surface area contributed by atoms with Crippen LogP contribution in [-0.4, -0.2) is 28.4 Å². The van der Waals surface area contributed by atoms with Gasteiger partial charge in [-0.1, -0.05) is 36.2 Å². The van der Waals surface area contributed by atoms with E-state index in [1.165, 1.54) is 6.42 Å². The molecule has 0 radical (unpaired) electrons. The van der Waals surface area contributed by atoms with E-state index in [4.69, 9.17) is 0 Å². The fourth-order valence-electron chi connectivity index (χ4n) is 0.109.